The van der Waals surface area contributed by atoms with Crippen LogP contribution in [0, 0.1) is 12.8 Å². The Balaban J connectivity index is 1.47. The first-order valence-corrected chi connectivity index (χ1v) is 9.83. The van der Waals surface area contributed by atoms with Gasteiger partial charge >= 0.3 is 0 Å². The van der Waals surface area contributed by atoms with Crippen molar-refractivity contribution < 1.29 is 4.79 Å². The van der Waals surface area contributed by atoms with Crippen molar-refractivity contribution in [1.82, 2.24) is 14.8 Å². The Bertz CT molecular complexity index is 635. The summed E-state index contributed by atoms with van der Waals surface area (Å²) in [7, 11) is 0. The summed E-state index contributed by atoms with van der Waals surface area (Å²) in [5.74, 6) is 1.14. The maximum atomic E-state index is 11.9. The number of carbonyl (C=O) groups is 1. The maximum Gasteiger partial charge on any atom is 0.220 e. The van der Waals surface area contributed by atoms with Gasteiger partial charge in [0, 0.05) is 57.6 Å². The van der Waals surface area contributed by atoms with E-state index in [1.165, 1.54) is 25.1 Å². The van der Waals surface area contributed by atoms with Crippen LogP contribution in [0.4, 0.5) is 5.69 Å². The summed E-state index contributed by atoms with van der Waals surface area (Å²) in [5.41, 5.74) is 3.41. The van der Waals surface area contributed by atoms with Crippen molar-refractivity contribution in [3.8, 4) is 0 Å². The van der Waals surface area contributed by atoms with Gasteiger partial charge in [0.1, 0.15) is 0 Å². The van der Waals surface area contributed by atoms with Gasteiger partial charge < -0.3 is 9.80 Å². The van der Waals surface area contributed by atoms with Gasteiger partial charge in [-0.1, -0.05) is 0 Å². The summed E-state index contributed by atoms with van der Waals surface area (Å²) in [5, 5.41) is 0. The number of rotatable bonds is 4. The van der Waals surface area contributed by atoms with E-state index in [0.29, 0.717) is 0 Å². The molecule has 1 aliphatic carbocycles. The van der Waals surface area contributed by atoms with Crippen molar-refractivity contribution in [2.24, 2.45) is 5.92 Å². The first kappa shape index (κ1) is 16.8. The molecule has 25 heavy (non-hydrogen) atoms. The van der Waals surface area contributed by atoms with Gasteiger partial charge in [0.05, 0.1) is 11.7 Å². The van der Waals surface area contributed by atoms with Gasteiger partial charge in [-0.15, -0.1) is 0 Å². The zero-order valence-corrected chi connectivity index (χ0v) is 15.6. The van der Waals surface area contributed by atoms with Crippen molar-refractivity contribution in [2.45, 2.75) is 45.6 Å². The lowest BCUT2D eigenvalue weighted by Gasteiger charge is -2.36. The molecule has 4 rings (SSSR count). The zero-order chi connectivity index (χ0) is 17.4. The zero-order valence-electron chi connectivity index (χ0n) is 15.6. The fourth-order valence-electron chi connectivity index (χ4n) is 4.33. The molecule has 3 aliphatic rings. The van der Waals surface area contributed by atoms with Crippen LogP contribution in [0.3, 0.4) is 0 Å². The van der Waals surface area contributed by atoms with Crippen LogP contribution in [0.1, 0.15) is 50.0 Å². The van der Waals surface area contributed by atoms with Crippen LogP contribution in [-0.2, 0) is 4.79 Å². The Morgan fingerprint density at radius 2 is 1.88 bits per heavy atom. The average molecular weight is 342 g/mol. The van der Waals surface area contributed by atoms with Crippen LogP contribution in [0.2, 0.25) is 0 Å². The van der Waals surface area contributed by atoms with Crippen molar-refractivity contribution in [3.63, 3.8) is 0 Å². The highest BCUT2D eigenvalue weighted by molar-refractivity contribution is 5.74. The third-order valence-electron chi connectivity index (χ3n) is 5.91. The number of piperazine rings is 1. The SMILES string of the molecule is CC(=O)N1CCCC1c1cc(N2CCN(CC3CC3)CC2)cc(C)n1. The van der Waals surface area contributed by atoms with Crippen LogP contribution in [-0.4, -0.2) is 60.0 Å². The van der Waals surface area contributed by atoms with Crippen molar-refractivity contribution in [3.05, 3.63) is 23.5 Å². The number of hydrogen-bond donors (Lipinski definition) is 0. The van der Waals surface area contributed by atoms with E-state index in [-0.39, 0.29) is 11.9 Å². The first-order chi connectivity index (χ1) is 12.1. The first-order valence-electron chi connectivity index (χ1n) is 9.83. The Labute approximate surface area is 151 Å². The van der Waals surface area contributed by atoms with E-state index in [4.69, 9.17) is 4.98 Å². The van der Waals surface area contributed by atoms with Gasteiger partial charge in [-0.3, -0.25) is 14.7 Å². The molecular weight excluding hydrogens is 312 g/mol. The van der Waals surface area contributed by atoms with Gasteiger partial charge in [0.2, 0.25) is 5.91 Å². The van der Waals surface area contributed by atoms with E-state index in [1.54, 1.807) is 6.92 Å². The molecule has 136 valence electrons. The normalized spacial score (nSPS) is 24.8. The number of aryl methyl sites for hydroxylation is 1. The smallest absolute Gasteiger partial charge is 0.220 e. The fourth-order valence-corrected chi connectivity index (χ4v) is 4.33. The number of pyridine rings is 1. The van der Waals surface area contributed by atoms with Gasteiger partial charge in [-0.25, -0.2) is 0 Å². The predicted molar refractivity (Wildman–Crippen MR) is 99.7 cm³/mol. The molecule has 3 fully saturated rings. The lowest BCUT2D eigenvalue weighted by molar-refractivity contribution is -0.129. The number of aromatic nitrogens is 1. The lowest BCUT2D eigenvalue weighted by atomic mass is 10.1. The van der Waals surface area contributed by atoms with Crippen molar-refractivity contribution in [1.29, 1.82) is 0 Å². The molecule has 1 unspecified atom stereocenters. The molecule has 1 aromatic heterocycles. The summed E-state index contributed by atoms with van der Waals surface area (Å²) in [4.78, 5) is 23.8. The summed E-state index contributed by atoms with van der Waals surface area (Å²) >= 11 is 0. The number of amides is 1. The number of anilines is 1. The number of nitrogens with zero attached hydrogens (tertiary/aromatic N) is 4. The second-order valence-electron chi connectivity index (χ2n) is 7.99. The van der Waals surface area contributed by atoms with Crippen LogP contribution in [0.5, 0.6) is 0 Å². The molecule has 5 nitrogen and oxygen atoms in total. The minimum absolute atomic E-state index is 0.160. The number of carbonyl (C=O) groups excluding carboxylic acids is 1. The molecule has 0 N–H and O–H groups in total. The number of likely N-dealkylation sites (tertiary alicyclic amines) is 1. The third-order valence-corrected chi connectivity index (χ3v) is 5.91. The topological polar surface area (TPSA) is 39.7 Å². The van der Waals surface area contributed by atoms with E-state index >= 15 is 0 Å². The Kier molecular flexibility index (Phi) is 4.67. The third kappa shape index (κ3) is 3.81. The molecule has 1 atom stereocenters. The van der Waals surface area contributed by atoms with Gasteiger partial charge in [-0.05, 0) is 50.7 Å². The molecule has 1 saturated carbocycles. The van der Waals surface area contributed by atoms with E-state index in [2.05, 4.69) is 28.9 Å². The summed E-state index contributed by atoms with van der Waals surface area (Å²) < 4.78 is 0. The fraction of sp³-hybridized carbons (Fsp3) is 0.700. The molecule has 1 amide bonds. The Morgan fingerprint density at radius 1 is 1.12 bits per heavy atom. The Hall–Kier alpha value is -1.62. The lowest BCUT2D eigenvalue weighted by Crippen LogP contribution is -2.47. The standard InChI is InChI=1S/C20H30N4O/c1-15-12-18(23-10-8-22(9-11-23)14-17-5-6-17)13-19(21-15)20-4-3-7-24(20)16(2)25/h12-13,17,20H,3-11,14H2,1-2H3. The molecule has 3 heterocycles. The Morgan fingerprint density at radius 3 is 2.56 bits per heavy atom. The monoisotopic (exact) mass is 342 g/mol. The van der Waals surface area contributed by atoms with Crippen molar-refractivity contribution >= 4 is 11.6 Å². The highest BCUT2D eigenvalue weighted by atomic mass is 16.2. The molecular formula is C20H30N4O. The number of hydrogen-bond acceptors (Lipinski definition) is 4. The molecule has 0 radical (unpaired) electrons. The van der Waals surface area contributed by atoms with E-state index in [1.807, 2.05) is 4.90 Å². The summed E-state index contributed by atoms with van der Waals surface area (Å²) in [6.45, 7) is 10.4. The second-order valence-corrected chi connectivity index (χ2v) is 7.99. The largest absolute Gasteiger partial charge is 0.369 e. The van der Waals surface area contributed by atoms with Gasteiger partial charge in [0.15, 0.2) is 0 Å². The van der Waals surface area contributed by atoms with Gasteiger partial charge in [0.25, 0.3) is 0 Å². The molecule has 5 heteroatoms. The molecule has 0 aromatic carbocycles. The second kappa shape index (κ2) is 6.94. The predicted octanol–water partition coefficient (Wildman–Crippen LogP) is 2.61. The van der Waals surface area contributed by atoms with Crippen molar-refractivity contribution in [2.75, 3.05) is 44.2 Å². The minimum atomic E-state index is 0.160. The van der Waals surface area contributed by atoms with Crippen LogP contribution >= 0.6 is 0 Å². The minimum Gasteiger partial charge on any atom is -0.369 e. The highest BCUT2D eigenvalue weighted by Crippen LogP contribution is 2.33. The summed E-state index contributed by atoms with van der Waals surface area (Å²) in [6.07, 6.45) is 4.97. The molecule has 0 bridgehead atoms. The molecule has 2 saturated heterocycles. The average Bonchev–Trinajstić information content (AvgIpc) is 3.26. The van der Waals surface area contributed by atoms with Crippen LogP contribution in [0.25, 0.3) is 0 Å². The quantitative estimate of drug-likeness (QED) is 0.843. The van der Waals surface area contributed by atoms with E-state index in [0.717, 1.165) is 62.9 Å². The van der Waals surface area contributed by atoms with Gasteiger partial charge in [-0.2, -0.15) is 0 Å². The van der Waals surface area contributed by atoms with Crippen LogP contribution in [0.15, 0.2) is 12.1 Å². The summed E-state index contributed by atoms with van der Waals surface area (Å²) in [6, 6.07) is 4.59. The maximum absolute atomic E-state index is 11.9. The molecule has 2 aliphatic heterocycles. The van der Waals surface area contributed by atoms with Crippen LogP contribution < -0.4 is 4.90 Å². The van der Waals surface area contributed by atoms with E-state index in [9.17, 15) is 4.79 Å². The molecule has 0 spiro atoms. The highest BCUT2D eigenvalue weighted by Gasteiger charge is 2.30. The van der Waals surface area contributed by atoms with E-state index < -0.39 is 0 Å². The molecule has 1 aromatic rings.